The van der Waals surface area contributed by atoms with Gasteiger partial charge in [0.05, 0.1) is 8.07 Å². The van der Waals surface area contributed by atoms with Crippen molar-refractivity contribution in [3.8, 4) is 0 Å². The van der Waals surface area contributed by atoms with E-state index >= 15 is 0 Å². The molecule has 1 aromatic rings. The van der Waals surface area contributed by atoms with Gasteiger partial charge in [-0.05, 0) is 29.3 Å². The van der Waals surface area contributed by atoms with E-state index in [0.717, 1.165) is 21.6 Å². The van der Waals surface area contributed by atoms with Gasteiger partial charge in [0.25, 0.3) is 0 Å². The highest BCUT2D eigenvalue weighted by Gasteiger charge is 2.22. The molecule has 78 valence electrons. The van der Waals surface area contributed by atoms with E-state index in [1.165, 1.54) is 0 Å². The summed E-state index contributed by atoms with van der Waals surface area (Å²) in [5.74, 6) is 0.00914. The van der Waals surface area contributed by atoms with Crippen LogP contribution in [0.2, 0.25) is 19.6 Å². The molecule has 0 aromatic heterocycles. The molecule has 0 atom stereocenters. The molecule has 0 saturated carbocycles. The molecule has 0 heterocycles. The summed E-state index contributed by atoms with van der Waals surface area (Å²) in [7, 11) is -1.56. The Balaban J connectivity index is 3.37. The van der Waals surface area contributed by atoms with Crippen LogP contribution in [0.25, 0.3) is 0 Å². The molecule has 3 heteroatoms. The summed E-state index contributed by atoms with van der Waals surface area (Å²) >= 11 is 3.44. The summed E-state index contributed by atoms with van der Waals surface area (Å²) in [5, 5.41) is 0.920. The Morgan fingerprint density at radius 1 is 1.29 bits per heavy atom. The van der Waals surface area contributed by atoms with Crippen LogP contribution in [0, 0.1) is 5.82 Å². The summed E-state index contributed by atoms with van der Waals surface area (Å²) in [6.45, 7) is 8.48. The smallest absolute Gasteiger partial charge is 0.125 e. The maximum absolute atomic E-state index is 14.0. The molecule has 0 radical (unpaired) electrons. The van der Waals surface area contributed by atoms with E-state index in [9.17, 15) is 4.39 Å². The molecule has 0 aliphatic carbocycles. The normalized spacial score (nSPS) is 11.9. The maximum atomic E-state index is 14.0. The molecule has 0 nitrogen and oxygen atoms in total. The van der Waals surface area contributed by atoms with Gasteiger partial charge in [0.15, 0.2) is 0 Å². The largest absolute Gasteiger partial charge is 0.207 e. The topological polar surface area (TPSA) is 0 Å². The van der Waals surface area contributed by atoms with Crippen molar-refractivity contribution >= 4 is 29.2 Å². The SMILES string of the molecule is CCc1cc(Br)cc([Si](C)(C)C)c1F. The van der Waals surface area contributed by atoms with Gasteiger partial charge in [-0.2, -0.15) is 0 Å². The second-order valence-electron chi connectivity index (χ2n) is 4.53. The second kappa shape index (κ2) is 4.15. The zero-order valence-electron chi connectivity index (χ0n) is 9.12. The molecule has 0 bridgehead atoms. The standard InChI is InChI=1S/C11H16BrFSi/c1-5-8-6-9(12)7-10(11(8)13)14(2,3)4/h6-7H,5H2,1-4H3. The fourth-order valence-corrected chi connectivity index (χ4v) is 3.57. The monoisotopic (exact) mass is 274 g/mol. The van der Waals surface area contributed by atoms with Crippen molar-refractivity contribution in [2.45, 2.75) is 33.0 Å². The van der Waals surface area contributed by atoms with Crippen LogP contribution in [-0.2, 0) is 6.42 Å². The molecule has 0 amide bonds. The number of halogens is 2. The van der Waals surface area contributed by atoms with Gasteiger partial charge in [-0.3, -0.25) is 0 Å². The van der Waals surface area contributed by atoms with E-state index < -0.39 is 8.07 Å². The van der Waals surface area contributed by atoms with Crippen molar-refractivity contribution in [2.75, 3.05) is 0 Å². The summed E-state index contributed by atoms with van der Waals surface area (Å²) < 4.78 is 15.0. The molecule has 1 aromatic carbocycles. The summed E-state index contributed by atoms with van der Waals surface area (Å²) in [5.41, 5.74) is 0.816. The first-order valence-corrected chi connectivity index (χ1v) is 9.14. The summed E-state index contributed by atoms with van der Waals surface area (Å²) in [6.07, 6.45) is 0.753. The number of hydrogen-bond acceptors (Lipinski definition) is 0. The van der Waals surface area contributed by atoms with Crippen molar-refractivity contribution < 1.29 is 4.39 Å². The Morgan fingerprint density at radius 2 is 1.86 bits per heavy atom. The molecule has 0 N–H and O–H groups in total. The van der Waals surface area contributed by atoms with Crippen LogP contribution in [0.5, 0.6) is 0 Å². The van der Waals surface area contributed by atoms with Gasteiger partial charge >= 0.3 is 0 Å². The predicted molar refractivity (Wildman–Crippen MR) is 66.5 cm³/mol. The van der Waals surface area contributed by atoms with Gasteiger partial charge in [0.1, 0.15) is 5.82 Å². The molecule has 14 heavy (non-hydrogen) atoms. The zero-order chi connectivity index (χ0) is 10.9. The molecular formula is C11H16BrFSi. The Labute approximate surface area is 94.7 Å². The van der Waals surface area contributed by atoms with E-state index in [1.54, 1.807) is 0 Å². The third-order valence-electron chi connectivity index (χ3n) is 2.30. The highest BCUT2D eigenvalue weighted by Crippen LogP contribution is 2.18. The highest BCUT2D eigenvalue weighted by molar-refractivity contribution is 9.10. The number of rotatable bonds is 2. The van der Waals surface area contributed by atoms with Crippen molar-refractivity contribution in [2.24, 2.45) is 0 Å². The molecule has 0 fully saturated rings. The number of benzene rings is 1. The number of aryl methyl sites for hydroxylation is 1. The van der Waals surface area contributed by atoms with Crippen molar-refractivity contribution in [3.63, 3.8) is 0 Å². The van der Waals surface area contributed by atoms with E-state index in [4.69, 9.17) is 0 Å². The molecule has 1 rings (SSSR count). The average Bonchev–Trinajstić information content (AvgIpc) is 2.06. The Bertz CT molecular complexity index is 342. The van der Waals surface area contributed by atoms with Crippen LogP contribution in [0.3, 0.4) is 0 Å². The first kappa shape index (κ1) is 11.9. The minimum atomic E-state index is -1.56. The maximum Gasteiger partial charge on any atom is 0.125 e. The van der Waals surface area contributed by atoms with Crippen LogP contribution in [0.1, 0.15) is 12.5 Å². The van der Waals surface area contributed by atoms with Crippen molar-refractivity contribution in [1.82, 2.24) is 0 Å². The highest BCUT2D eigenvalue weighted by atomic mass is 79.9. The Kier molecular flexibility index (Phi) is 3.53. The zero-order valence-corrected chi connectivity index (χ0v) is 11.7. The fourth-order valence-electron chi connectivity index (χ4n) is 1.45. The molecule has 0 aliphatic rings. The van der Waals surface area contributed by atoms with Gasteiger partial charge in [0.2, 0.25) is 0 Å². The van der Waals surface area contributed by atoms with Gasteiger partial charge in [0, 0.05) is 4.47 Å². The van der Waals surface area contributed by atoms with Crippen LogP contribution in [-0.4, -0.2) is 8.07 Å². The fraction of sp³-hybridized carbons (Fsp3) is 0.455. The van der Waals surface area contributed by atoms with Gasteiger partial charge in [-0.25, -0.2) is 4.39 Å². The Morgan fingerprint density at radius 3 is 2.29 bits per heavy atom. The molecular weight excluding hydrogens is 259 g/mol. The summed E-state index contributed by atoms with van der Waals surface area (Å²) in [4.78, 5) is 0. The van der Waals surface area contributed by atoms with E-state index in [-0.39, 0.29) is 5.82 Å². The van der Waals surface area contributed by atoms with E-state index in [0.29, 0.717) is 0 Å². The molecule has 0 spiro atoms. The second-order valence-corrected chi connectivity index (χ2v) is 10.5. The van der Waals surface area contributed by atoms with Crippen LogP contribution in [0.4, 0.5) is 4.39 Å². The van der Waals surface area contributed by atoms with Crippen LogP contribution >= 0.6 is 15.9 Å². The first-order valence-electron chi connectivity index (χ1n) is 4.84. The predicted octanol–water partition coefficient (Wildman–Crippen LogP) is 3.70. The van der Waals surface area contributed by atoms with Gasteiger partial charge in [-0.15, -0.1) is 0 Å². The van der Waals surface area contributed by atoms with E-state index in [2.05, 4.69) is 35.6 Å². The quantitative estimate of drug-likeness (QED) is 0.722. The lowest BCUT2D eigenvalue weighted by Gasteiger charge is -2.19. The lowest BCUT2D eigenvalue weighted by molar-refractivity contribution is 0.619. The van der Waals surface area contributed by atoms with Crippen molar-refractivity contribution in [1.29, 1.82) is 0 Å². The van der Waals surface area contributed by atoms with Crippen molar-refractivity contribution in [3.05, 3.63) is 28.0 Å². The average molecular weight is 275 g/mol. The third kappa shape index (κ3) is 2.45. The van der Waals surface area contributed by atoms with Gasteiger partial charge in [-0.1, -0.05) is 42.5 Å². The molecule has 0 aliphatic heterocycles. The first-order chi connectivity index (χ1) is 6.36. The van der Waals surface area contributed by atoms with Gasteiger partial charge < -0.3 is 0 Å². The summed E-state index contributed by atoms with van der Waals surface area (Å²) in [6, 6.07) is 3.81. The number of hydrogen-bond donors (Lipinski definition) is 0. The minimum Gasteiger partial charge on any atom is -0.207 e. The van der Waals surface area contributed by atoms with Crippen LogP contribution < -0.4 is 5.19 Å². The van der Waals surface area contributed by atoms with E-state index in [1.807, 2.05) is 19.1 Å². The molecule has 0 saturated heterocycles. The molecule has 0 unspecified atom stereocenters. The third-order valence-corrected chi connectivity index (χ3v) is 4.74. The minimum absolute atomic E-state index is 0.00914. The lowest BCUT2D eigenvalue weighted by Crippen LogP contribution is -2.40. The Hall–Kier alpha value is -0.153. The lowest BCUT2D eigenvalue weighted by atomic mass is 10.1. The van der Waals surface area contributed by atoms with Crippen LogP contribution in [0.15, 0.2) is 16.6 Å².